The summed E-state index contributed by atoms with van der Waals surface area (Å²) < 4.78 is 43.4. The molecule has 2 aromatic rings. The van der Waals surface area contributed by atoms with Gasteiger partial charge in [-0.05, 0) is 31.4 Å². The fourth-order valence-corrected chi connectivity index (χ4v) is 3.21. The molecular weight excluding hydrogens is 401 g/mol. The van der Waals surface area contributed by atoms with Crippen LogP contribution in [0, 0.1) is 0 Å². The van der Waals surface area contributed by atoms with E-state index in [1.165, 1.54) is 4.68 Å². The van der Waals surface area contributed by atoms with Crippen LogP contribution in [-0.2, 0) is 28.9 Å². The highest BCUT2D eigenvalue weighted by Crippen LogP contribution is 2.35. The summed E-state index contributed by atoms with van der Waals surface area (Å²) in [6.07, 6.45) is -2.24. The van der Waals surface area contributed by atoms with Gasteiger partial charge in [0.1, 0.15) is 10.8 Å². The Labute approximate surface area is 162 Å². The molecule has 0 saturated heterocycles. The lowest BCUT2D eigenvalue weighted by molar-refractivity contribution is -0.173. The molecule has 7 nitrogen and oxygen atoms in total. The van der Waals surface area contributed by atoms with Gasteiger partial charge in [-0.2, -0.15) is 18.3 Å². The number of esters is 1. The zero-order valence-electron chi connectivity index (χ0n) is 14.8. The number of hydrogen-bond acceptors (Lipinski definition) is 5. The molecule has 0 radical (unpaired) electrons. The van der Waals surface area contributed by atoms with Gasteiger partial charge in [0.2, 0.25) is 0 Å². The molecule has 0 atom stereocenters. The number of alkyl halides is 3. The van der Waals surface area contributed by atoms with Crippen LogP contribution >= 0.6 is 11.6 Å². The Kier molecular flexibility index (Phi) is 5.59. The highest BCUT2D eigenvalue weighted by Gasteiger charge is 2.38. The maximum Gasteiger partial charge on any atom is 0.471 e. The molecule has 2 aromatic heterocycles. The lowest BCUT2D eigenvalue weighted by atomic mass is 9.90. The van der Waals surface area contributed by atoms with E-state index in [2.05, 4.69) is 10.1 Å². The Bertz CT molecular complexity index is 927. The molecule has 0 spiro atoms. The molecule has 1 N–H and O–H groups in total. The first-order valence-corrected chi connectivity index (χ1v) is 8.86. The maximum absolute atomic E-state index is 12.4. The van der Waals surface area contributed by atoms with Crippen LogP contribution in [0.15, 0.2) is 12.3 Å². The molecule has 0 fully saturated rings. The van der Waals surface area contributed by atoms with Gasteiger partial charge in [0.25, 0.3) is 0 Å². The summed E-state index contributed by atoms with van der Waals surface area (Å²) in [5.41, 5.74) is 2.93. The van der Waals surface area contributed by atoms with Crippen molar-refractivity contribution in [1.82, 2.24) is 20.1 Å². The fourth-order valence-electron chi connectivity index (χ4n) is 3.06. The van der Waals surface area contributed by atoms with E-state index >= 15 is 0 Å². The smallest absolute Gasteiger partial charge is 0.461 e. The number of hydrogen-bond donors (Lipinski definition) is 1. The molecule has 11 heteroatoms. The first-order valence-electron chi connectivity index (χ1n) is 8.49. The predicted molar refractivity (Wildman–Crippen MR) is 92.9 cm³/mol. The average Bonchev–Trinajstić information content (AvgIpc) is 3.00. The zero-order chi connectivity index (χ0) is 20.5. The van der Waals surface area contributed by atoms with Crippen LogP contribution in [0.3, 0.4) is 0 Å². The number of carbonyl (C=O) groups excluding carboxylic acids is 2. The van der Waals surface area contributed by atoms with Gasteiger partial charge in [-0.15, -0.1) is 0 Å². The Morgan fingerprint density at radius 2 is 2.11 bits per heavy atom. The van der Waals surface area contributed by atoms with Gasteiger partial charge in [0.05, 0.1) is 18.8 Å². The predicted octanol–water partition coefficient (Wildman–Crippen LogP) is 2.55. The summed E-state index contributed by atoms with van der Waals surface area (Å²) in [6, 6.07) is 1.63. The van der Waals surface area contributed by atoms with E-state index in [-0.39, 0.29) is 30.5 Å². The lowest BCUT2D eigenvalue weighted by Crippen LogP contribution is -2.38. The van der Waals surface area contributed by atoms with E-state index in [4.69, 9.17) is 16.3 Å². The first-order chi connectivity index (χ1) is 13.2. The van der Waals surface area contributed by atoms with Crippen molar-refractivity contribution in [3.63, 3.8) is 0 Å². The first kappa shape index (κ1) is 20.1. The fraction of sp³-hybridized carbons (Fsp3) is 0.412. The number of aryl methyl sites for hydroxylation is 1. The molecule has 0 bridgehead atoms. The van der Waals surface area contributed by atoms with E-state index in [0.29, 0.717) is 29.7 Å². The van der Waals surface area contributed by atoms with Crippen molar-refractivity contribution >= 4 is 23.5 Å². The van der Waals surface area contributed by atoms with Crippen molar-refractivity contribution in [2.45, 2.75) is 32.5 Å². The molecule has 150 valence electrons. The maximum atomic E-state index is 12.4. The molecule has 2 heterocycles. The van der Waals surface area contributed by atoms with Crippen LogP contribution in [0.2, 0.25) is 5.15 Å². The number of amides is 1. The SMILES string of the molecule is CCOC(=O)c1c2c(nn1CCNC(=O)C(F)(F)F)-c1cc(Cl)ncc1CC2. The monoisotopic (exact) mass is 416 g/mol. The van der Waals surface area contributed by atoms with Gasteiger partial charge >= 0.3 is 18.1 Å². The second-order valence-electron chi connectivity index (χ2n) is 6.04. The molecule has 28 heavy (non-hydrogen) atoms. The Morgan fingerprint density at radius 3 is 2.79 bits per heavy atom. The van der Waals surface area contributed by atoms with Crippen molar-refractivity contribution in [2.24, 2.45) is 0 Å². The second-order valence-corrected chi connectivity index (χ2v) is 6.42. The number of nitrogens with one attached hydrogen (secondary N) is 1. The number of aromatic nitrogens is 3. The Morgan fingerprint density at radius 1 is 1.36 bits per heavy atom. The number of ether oxygens (including phenoxy) is 1. The summed E-state index contributed by atoms with van der Waals surface area (Å²) in [5.74, 6) is -2.67. The largest absolute Gasteiger partial charge is 0.471 e. The molecule has 1 amide bonds. The van der Waals surface area contributed by atoms with Crippen LogP contribution in [0.1, 0.15) is 28.5 Å². The molecular formula is C17H16ClF3N4O3. The van der Waals surface area contributed by atoms with Crippen molar-refractivity contribution < 1.29 is 27.5 Å². The third-order valence-corrected chi connectivity index (χ3v) is 4.45. The minimum absolute atomic E-state index is 0.128. The minimum atomic E-state index is -4.98. The van der Waals surface area contributed by atoms with Crippen LogP contribution in [0.25, 0.3) is 11.3 Å². The highest BCUT2D eigenvalue weighted by atomic mass is 35.5. The van der Waals surface area contributed by atoms with Gasteiger partial charge < -0.3 is 10.1 Å². The van der Waals surface area contributed by atoms with E-state index in [1.54, 1.807) is 24.5 Å². The molecule has 0 aliphatic heterocycles. The molecule has 0 saturated carbocycles. The number of halogens is 4. The summed E-state index contributed by atoms with van der Waals surface area (Å²) in [4.78, 5) is 27.5. The summed E-state index contributed by atoms with van der Waals surface area (Å²) in [5, 5.41) is 6.42. The number of carbonyl (C=O) groups is 2. The normalized spacial score (nSPS) is 12.9. The van der Waals surface area contributed by atoms with Gasteiger partial charge in [0, 0.05) is 23.9 Å². The quantitative estimate of drug-likeness (QED) is 0.598. The number of fused-ring (bicyclic) bond motifs is 3. The Hall–Kier alpha value is -2.62. The number of pyridine rings is 1. The van der Waals surface area contributed by atoms with Crippen molar-refractivity contribution in [3.05, 3.63) is 34.2 Å². The van der Waals surface area contributed by atoms with Crippen LogP contribution in [0.4, 0.5) is 13.2 Å². The average molecular weight is 417 g/mol. The topological polar surface area (TPSA) is 86.1 Å². The highest BCUT2D eigenvalue weighted by molar-refractivity contribution is 6.29. The summed E-state index contributed by atoms with van der Waals surface area (Å²) >= 11 is 5.97. The van der Waals surface area contributed by atoms with Crippen molar-refractivity contribution in [1.29, 1.82) is 0 Å². The van der Waals surface area contributed by atoms with Crippen LogP contribution in [-0.4, -0.2) is 46.0 Å². The molecule has 3 rings (SSSR count). The van der Waals surface area contributed by atoms with Gasteiger partial charge in [0.15, 0.2) is 0 Å². The van der Waals surface area contributed by atoms with Crippen LogP contribution < -0.4 is 5.32 Å². The third kappa shape index (κ3) is 3.96. The second kappa shape index (κ2) is 7.78. The van der Waals surface area contributed by atoms with Gasteiger partial charge in [-0.3, -0.25) is 9.48 Å². The standard InChI is InChI=1S/C17H16ClF3N4O3/c1-2-28-15(26)14-10-4-3-9-8-23-12(18)7-11(9)13(10)24-25(14)6-5-22-16(27)17(19,20)21/h7-8H,2-6H2,1H3,(H,22,27). The summed E-state index contributed by atoms with van der Waals surface area (Å²) in [7, 11) is 0. The minimum Gasteiger partial charge on any atom is -0.461 e. The van der Waals surface area contributed by atoms with E-state index < -0.39 is 18.1 Å². The van der Waals surface area contributed by atoms with Crippen LogP contribution in [0.5, 0.6) is 0 Å². The molecule has 1 aliphatic rings. The van der Waals surface area contributed by atoms with E-state index in [9.17, 15) is 22.8 Å². The molecule has 0 unspecified atom stereocenters. The third-order valence-electron chi connectivity index (χ3n) is 4.24. The van der Waals surface area contributed by atoms with E-state index in [0.717, 1.165) is 5.56 Å². The summed E-state index contributed by atoms with van der Waals surface area (Å²) in [6.45, 7) is 1.30. The van der Waals surface area contributed by atoms with Crippen molar-refractivity contribution in [2.75, 3.05) is 13.2 Å². The number of rotatable bonds is 5. The Balaban J connectivity index is 1.94. The number of nitrogens with zero attached hydrogens (tertiary/aromatic N) is 3. The molecule has 1 aliphatic carbocycles. The molecule has 0 aromatic carbocycles. The lowest BCUT2D eigenvalue weighted by Gasteiger charge is -2.15. The van der Waals surface area contributed by atoms with Gasteiger partial charge in [-0.1, -0.05) is 11.6 Å². The van der Waals surface area contributed by atoms with Crippen molar-refractivity contribution in [3.8, 4) is 11.3 Å². The van der Waals surface area contributed by atoms with Gasteiger partial charge in [-0.25, -0.2) is 9.78 Å². The zero-order valence-corrected chi connectivity index (χ0v) is 15.5. The van der Waals surface area contributed by atoms with E-state index in [1.807, 2.05) is 0 Å².